The molecule has 0 aromatic rings. The van der Waals surface area contributed by atoms with Gasteiger partial charge in [0.2, 0.25) is 0 Å². The van der Waals surface area contributed by atoms with Gasteiger partial charge in [0.25, 0.3) is 0 Å². The van der Waals surface area contributed by atoms with E-state index in [1.54, 1.807) is 12.3 Å². The molecule has 2 saturated heterocycles. The van der Waals surface area contributed by atoms with E-state index >= 15 is 0 Å². The minimum absolute atomic E-state index is 0.0559. The molecule has 5 atom stereocenters. The Morgan fingerprint density at radius 2 is 1.77 bits per heavy atom. The van der Waals surface area contributed by atoms with Crippen LogP contribution in [0, 0.1) is 29.6 Å². The second kappa shape index (κ2) is 10.3. The van der Waals surface area contributed by atoms with Crippen molar-refractivity contribution in [1.82, 2.24) is 0 Å². The molecule has 0 nitrogen and oxygen atoms in total. The first-order valence-corrected chi connectivity index (χ1v) is 14.7. The van der Waals surface area contributed by atoms with E-state index in [0.717, 1.165) is 23.2 Å². The SMILES string of the molecule is CCC[C@@]1(C(C)C)CCC(C#CC(C)C)P1CCP1CCC[C@H]1C(C)C. The molecule has 0 saturated carbocycles. The highest BCUT2D eigenvalue weighted by Crippen LogP contribution is 2.68. The van der Waals surface area contributed by atoms with Crippen molar-refractivity contribution in [2.75, 3.05) is 18.5 Å². The van der Waals surface area contributed by atoms with Crippen LogP contribution in [0.2, 0.25) is 0 Å². The summed E-state index contributed by atoms with van der Waals surface area (Å²) in [5.74, 6) is 9.62. The number of hydrogen-bond donors (Lipinski definition) is 0. The van der Waals surface area contributed by atoms with E-state index in [2.05, 4.69) is 60.3 Å². The van der Waals surface area contributed by atoms with Crippen molar-refractivity contribution in [3.63, 3.8) is 0 Å². The average Bonchev–Trinajstić information content (AvgIpc) is 3.16. The third-order valence-electron chi connectivity index (χ3n) is 6.91. The van der Waals surface area contributed by atoms with E-state index in [-0.39, 0.29) is 7.92 Å². The van der Waals surface area contributed by atoms with Crippen molar-refractivity contribution in [3.05, 3.63) is 0 Å². The molecule has 0 bridgehead atoms. The Morgan fingerprint density at radius 3 is 2.35 bits per heavy atom. The van der Waals surface area contributed by atoms with Crippen LogP contribution in [0.5, 0.6) is 0 Å². The van der Waals surface area contributed by atoms with Gasteiger partial charge in [-0.2, -0.15) is 0 Å². The molecule has 0 amide bonds. The first-order valence-electron chi connectivity index (χ1n) is 11.3. The normalized spacial score (nSPS) is 34.7. The largest absolute Gasteiger partial charge is 0.103 e. The Morgan fingerprint density at radius 1 is 1.04 bits per heavy atom. The first kappa shape index (κ1) is 22.7. The molecule has 2 rings (SSSR count). The summed E-state index contributed by atoms with van der Waals surface area (Å²) in [5.41, 5.74) is 1.79. The third kappa shape index (κ3) is 5.27. The maximum atomic E-state index is 3.79. The van der Waals surface area contributed by atoms with Crippen LogP contribution in [0.25, 0.3) is 0 Å². The van der Waals surface area contributed by atoms with Crippen LogP contribution < -0.4 is 0 Å². The fourth-order valence-corrected chi connectivity index (χ4v) is 13.9. The van der Waals surface area contributed by atoms with Gasteiger partial charge in [0.1, 0.15) is 0 Å². The summed E-state index contributed by atoms with van der Waals surface area (Å²) in [5, 5.41) is 0.628. The topological polar surface area (TPSA) is 0 Å². The van der Waals surface area contributed by atoms with Crippen LogP contribution in [0.15, 0.2) is 0 Å². The van der Waals surface area contributed by atoms with Gasteiger partial charge in [-0.3, -0.25) is 0 Å². The van der Waals surface area contributed by atoms with Crippen molar-refractivity contribution in [3.8, 4) is 11.8 Å². The Bertz CT molecular complexity index is 484. The van der Waals surface area contributed by atoms with Gasteiger partial charge in [-0.25, -0.2) is 0 Å². The molecule has 2 aliphatic heterocycles. The summed E-state index contributed by atoms with van der Waals surface area (Å²) in [4.78, 5) is 0. The zero-order valence-electron chi connectivity index (χ0n) is 18.6. The Labute approximate surface area is 167 Å². The quantitative estimate of drug-likeness (QED) is 0.305. The minimum Gasteiger partial charge on any atom is -0.103 e. The molecule has 150 valence electrons. The molecule has 2 heteroatoms. The third-order valence-corrected chi connectivity index (χ3v) is 14.7. The van der Waals surface area contributed by atoms with Gasteiger partial charge in [-0.15, -0.1) is 7.92 Å². The van der Waals surface area contributed by atoms with Crippen molar-refractivity contribution < 1.29 is 0 Å². The van der Waals surface area contributed by atoms with Gasteiger partial charge in [0.15, 0.2) is 0 Å². The smallest absolute Gasteiger partial charge is 0.0407 e. The lowest BCUT2D eigenvalue weighted by atomic mass is 9.86. The maximum Gasteiger partial charge on any atom is 0.0407 e. The molecule has 0 spiro atoms. The Hall–Kier alpha value is 0.420. The molecule has 2 fully saturated rings. The van der Waals surface area contributed by atoms with E-state index in [4.69, 9.17) is 0 Å². The van der Waals surface area contributed by atoms with Crippen LogP contribution in [0.1, 0.15) is 87.0 Å². The van der Waals surface area contributed by atoms with Gasteiger partial charge < -0.3 is 0 Å². The molecule has 2 heterocycles. The maximum absolute atomic E-state index is 3.79. The molecule has 0 aromatic heterocycles. The highest BCUT2D eigenvalue weighted by atomic mass is 31.1. The molecule has 0 radical (unpaired) electrons. The van der Waals surface area contributed by atoms with Gasteiger partial charge in [-0.1, -0.05) is 74.6 Å². The van der Waals surface area contributed by atoms with Gasteiger partial charge in [0, 0.05) is 11.6 Å². The van der Waals surface area contributed by atoms with Crippen LogP contribution in [-0.2, 0) is 0 Å². The molecule has 0 aromatic carbocycles. The fraction of sp³-hybridized carbons (Fsp3) is 0.917. The molecule has 26 heavy (non-hydrogen) atoms. The lowest BCUT2D eigenvalue weighted by Gasteiger charge is -2.42. The summed E-state index contributed by atoms with van der Waals surface area (Å²) < 4.78 is 0. The average molecular weight is 395 g/mol. The lowest BCUT2D eigenvalue weighted by molar-refractivity contribution is 0.384. The highest BCUT2D eigenvalue weighted by Gasteiger charge is 2.48. The summed E-state index contributed by atoms with van der Waals surface area (Å²) in [6.07, 6.45) is 13.3. The standard InChI is InChI=1S/C24H44P2/c1-8-14-24(21(6)7)15-13-22(12-11-19(2)3)26(24)18-17-25-16-9-10-23(25)20(4)5/h19-23H,8-10,13-18H2,1-7H3/t22?,23-,24-,25?,26?/m0/s1. The zero-order valence-corrected chi connectivity index (χ0v) is 20.4. The molecule has 2 aliphatic rings. The van der Waals surface area contributed by atoms with Crippen LogP contribution in [-0.4, -0.2) is 35.0 Å². The van der Waals surface area contributed by atoms with E-state index in [9.17, 15) is 0 Å². The number of hydrogen-bond acceptors (Lipinski definition) is 0. The van der Waals surface area contributed by atoms with Crippen molar-refractivity contribution in [1.29, 1.82) is 0 Å². The summed E-state index contributed by atoms with van der Waals surface area (Å²) in [6.45, 7) is 16.9. The van der Waals surface area contributed by atoms with E-state index in [0.29, 0.717) is 19.0 Å². The van der Waals surface area contributed by atoms with Gasteiger partial charge in [-0.05, 0) is 73.2 Å². The Balaban J connectivity index is 2.17. The molecular formula is C24H44P2. The van der Waals surface area contributed by atoms with Crippen LogP contribution in [0.3, 0.4) is 0 Å². The molecular weight excluding hydrogens is 350 g/mol. The molecule has 3 unspecified atom stereocenters. The Kier molecular flexibility index (Phi) is 8.97. The zero-order chi connectivity index (χ0) is 19.3. The van der Waals surface area contributed by atoms with Crippen molar-refractivity contribution in [2.24, 2.45) is 17.8 Å². The predicted octanol–water partition coefficient (Wildman–Crippen LogP) is 7.79. The lowest BCUT2D eigenvalue weighted by Crippen LogP contribution is -2.32. The second-order valence-electron chi connectivity index (χ2n) is 9.69. The van der Waals surface area contributed by atoms with E-state index in [1.165, 1.54) is 44.7 Å². The summed E-state index contributed by atoms with van der Waals surface area (Å²) >= 11 is 0. The van der Waals surface area contributed by atoms with Crippen LogP contribution >= 0.6 is 15.8 Å². The van der Waals surface area contributed by atoms with Crippen molar-refractivity contribution in [2.45, 2.75) is 103 Å². The molecule has 0 aliphatic carbocycles. The molecule has 0 N–H and O–H groups in total. The fourth-order valence-electron chi connectivity index (χ4n) is 5.52. The first-order chi connectivity index (χ1) is 12.3. The highest BCUT2D eigenvalue weighted by molar-refractivity contribution is 7.64. The van der Waals surface area contributed by atoms with E-state index in [1.807, 2.05) is 0 Å². The van der Waals surface area contributed by atoms with Crippen LogP contribution in [0.4, 0.5) is 0 Å². The minimum atomic E-state index is 0.0559. The van der Waals surface area contributed by atoms with E-state index < -0.39 is 0 Å². The predicted molar refractivity (Wildman–Crippen MR) is 124 cm³/mol. The van der Waals surface area contributed by atoms with Gasteiger partial charge in [0.05, 0.1) is 0 Å². The van der Waals surface area contributed by atoms with Crippen molar-refractivity contribution >= 4 is 15.8 Å². The second-order valence-corrected chi connectivity index (χ2v) is 15.3. The summed E-state index contributed by atoms with van der Waals surface area (Å²) in [6, 6.07) is 0. The summed E-state index contributed by atoms with van der Waals surface area (Å²) in [7, 11) is 0.349. The van der Waals surface area contributed by atoms with Gasteiger partial charge >= 0.3 is 0 Å². The monoisotopic (exact) mass is 394 g/mol. The number of rotatable bonds is 7.